The average molecular weight is 540 g/mol. The Balaban J connectivity index is 1.50. The van der Waals surface area contributed by atoms with Crippen LogP contribution in [0.2, 0.25) is 0 Å². The number of aryl methyl sites for hydroxylation is 1. The number of hydrogen-bond acceptors (Lipinski definition) is 4. The first kappa shape index (κ1) is 27.2. The van der Waals surface area contributed by atoms with Crippen LogP contribution in [0.1, 0.15) is 67.7 Å². The number of carboxylic acid groups (broad SMARTS) is 1. The van der Waals surface area contributed by atoms with Crippen LogP contribution in [0.5, 0.6) is 5.75 Å². The van der Waals surface area contributed by atoms with Crippen molar-refractivity contribution in [3.63, 3.8) is 0 Å². The standard InChI is InChI=1S/C31H32F3NO4/c1-16-10-20(24(33)14-35-16)18-7-6-17(11-21(18)28(38-5)30(2,3)4)15-39-25-12-23(32)19-8-9-31(26(19)27(25)34)13-22(31)29(36)37/h6-7,10-12,14,22,28H,8-9,13,15H2,1-5H3,(H,36,37)/t22-,28-,31+/m0/s1. The molecule has 2 aliphatic rings. The Kier molecular flexibility index (Phi) is 6.74. The molecule has 0 radical (unpaired) electrons. The second-order valence-corrected chi connectivity index (χ2v) is 11.8. The summed E-state index contributed by atoms with van der Waals surface area (Å²) in [6.07, 6.45) is 1.81. The Labute approximate surface area is 226 Å². The van der Waals surface area contributed by atoms with Crippen molar-refractivity contribution in [1.29, 1.82) is 0 Å². The smallest absolute Gasteiger partial charge is 0.307 e. The lowest BCUT2D eigenvalue weighted by Crippen LogP contribution is -2.21. The highest BCUT2D eigenvalue weighted by molar-refractivity contribution is 5.78. The summed E-state index contributed by atoms with van der Waals surface area (Å²) in [5.41, 5.74) is 2.31. The van der Waals surface area contributed by atoms with Gasteiger partial charge in [-0.25, -0.2) is 13.2 Å². The van der Waals surface area contributed by atoms with E-state index in [1.807, 2.05) is 26.8 Å². The van der Waals surface area contributed by atoms with Gasteiger partial charge in [0.15, 0.2) is 11.6 Å². The number of nitrogens with zero attached hydrogens (tertiary/aromatic N) is 1. The normalized spacial score (nSPS) is 20.7. The van der Waals surface area contributed by atoms with E-state index >= 15 is 4.39 Å². The van der Waals surface area contributed by atoms with Gasteiger partial charge in [0.1, 0.15) is 18.2 Å². The summed E-state index contributed by atoms with van der Waals surface area (Å²) in [5.74, 6) is -3.68. The van der Waals surface area contributed by atoms with Crippen molar-refractivity contribution in [2.75, 3.05) is 7.11 Å². The fraction of sp³-hybridized carbons (Fsp3) is 0.419. The summed E-state index contributed by atoms with van der Waals surface area (Å²) in [4.78, 5) is 15.6. The van der Waals surface area contributed by atoms with Crippen LogP contribution >= 0.6 is 0 Å². The largest absolute Gasteiger partial charge is 0.486 e. The van der Waals surface area contributed by atoms with E-state index in [-0.39, 0.29) is 28.9 Å². The molecule has 5 nitrogen and oxygen atoms in total. The lowest BCUT2D eigenvalue weighted by atomic mass is 9.81. The topological polar surface area (TPSA) is 68.7 Å². The molecule has 206 valence electrons. The van der Waals surface area contributed by atoms with Crippen molar-refractivity contribution in [2.45, 2.75) is 65.1 Å². The first-order valence-corrected chi connectivity index (χ1v) is 13.0. The number of aromatic nitrogens is 1. The predicted molar refractivity (Wildman–Crippen MR) is 140 cm³/mol. The van der Waals surface area contributed by atoms with E-state index in [1.54, 1.807) is 32.2 Å². The summed E-state index contributed by atoms with van der Waals surface area (Å²) in [7, 11) is 1.60. The van der Waals surface area contributed by atoms with Gasteiger partial charge in [-0.2, -0.15) is 0 Å². The number of carboxylic acids is 1. The first-order valence-electron chi connectivity index (χ1n) is 13.0. The summed E-state index contributed by atoms with van der Waals surface area (Å²) in [6, 6.07) is 8.10. The van der Waals surface area contributed by atoms with E-state index in [0.29, 0.717) is 41.6 Å². The van der Waals surface area contributed by atoms with Gasteiger partial charge in [-0.3, -0.25) is 9.78 Å². The molecule has 39 heavy (non-hydrogen) atoms. The highest BCUT2D eigenvalue weighted by atomic mass is 19.1. The van der Waals surface area contributed by atoms with Crippen LogP contribution in [0.25, 0.3) is 11.1 Å². The van der Waals surface area contributed by atoms with E-state index in [2.05, 4.69) is 4.98 Å². The maximum atomic E-state index is 15.7. The number of benzene rings is 2. The Morgan fingerprint density at radius 3 is 2.54 bits per heavy atom. The number of fused-ring (bicyclic) bond motifs is 2. The van der Waals surface area contributed by atoms with Gasteiger partial charge in [0.2, 0.25) is 0 Å². The highest BCUT2D eigenvalue weighted by Gasteiger charge is 2.63. The van der Waals surface area contributed by atoms with E-state index in [9.17, 15) is 18.7 Å². The minimum absolute atomic E-state index is 0.0732. The third kappa shape index (κ3) is 4.69. The third-order valence-corrected chi connectivity index (χ3v) is 8.07. The molecule has 8 heteroatoms. The number of halogens is 3. The summed E-state index contributed by atoms with van der Waals surface area (Å²) in [6.45, 7) is 7.77. The summed E-state index contributed by atoms with van der Waals surface area (Å²) < 4.78 is 57.1. The molecule has 1 heterocycles. The fourth-order valence-corrected chi connectivity index (χ4v) is 6.19. The van der Waals surface area contributed by atoms with E-state index in [4.69, 9.17) is 9.47 Å². The Hall–Kier alpha value is -3.39. The van der Waals surface area contributed by atoms with Crippen LogP contribution in [-0.4, -0.2) is 23.2 Å². The van der Waals surface area contributed by atoms with Crippen LogP contribution in [-0.2, 0) is 28.0 Å². The first-order chi connectivity index (χ1) is 18.4. The lowest BCUT2D eigenvalue weighted by molar-refractivity contribution is -0.139. The van der Waals surface area contributed by atoms with Crippen LogP contribution in [0.15, 0.2) is 36.5 Å². The van der Waals surface area contributed by atoms with Crippen molar-refractivity contribution in [2.24, 2.45) is 11.3 Å². The quantitative estimate of drug-likeness (QED) is 0.348. The number of methoxy groups -OCH3 is 1. The lowest BCUT2D eigenvalue weighted by Gasteiger charge is -2.32. The van der Waals surface area contributed by atoms with Crippen molar-refractivity contribution in [3.8, 4) is 16.9 Å². The number of pyridine rings is 1. The van der Waals surface area contributed by atoms with Gasteiger partial charge in [-0.05, 0) is 66.0 Å². The van der Waals surface area contributed by atoms with Crippen molar-refractivity contribution >= 4 is 5.97 Å². The molecule has 1 saturated carbocycles. The zero-order valence-electron chi connectivity index (χ0n) is 22.7. The Bertz CT molecular complexity index is 1470. The van der Waals surface area contributed by atoms with Crippen LogP contribution in [0, 0.1) is 35.7 Å². The second-order valence-electron chi connectivity index (χ2n) is 11.8. The highest BCUT2D eigenvalue weighted by Crippen LogP contribution is 2.63. The monoisotopic (exact) mass is 539 g/mol. The summed E-state index contributed by atoms with van der Waals surface area (Å²) >= 11 is 0. The van der Waals surface area contributed by atoms with Crippen LogP contribution < -0.4 is 4.74 Å². The predicted octanol–water partition coefficient (Wildman–Crippen LogP) is 7.08. The van der Waals surface area contributed by atoms with Gasteiger partial charge in [0.05, 0.1) is 18.2 Å². The van der Waals surface area contributed by atoms with Gasteiger partial charge in [0, 0.05) is 35.4 Å². The molecule has 0 aliphatic heterocycles. The van der Waals surface area contributed by atoms with Crippen molar-refractivity contribution < 1.29 is 32.5 Å². The zero-order chi connectivity index (χ0) is 28.3. The number of carbonyl (C=O) groups is 1. The maximum Gasteiger partial charge on any atom is 0.307 e. The molecule has 0 saturated heterocycles. The molecule has 0 amide bonds. The van der Waals surface area contributed by atoms with E-state index in [0.717, 1.165) is 11.6 Å². The molecule has 1 aromatic heterocycles. The molecule has 0 bridgehead atoms. The maximum absolute atomic E-state index is 15.7. The average Bonchev–Trinajstić information content (AvgIpc) is 3.47. The number of ether oxygens (including phenoxy) is 2. The number of rotatable bonds is 7. The number of aliphatic carboxylic acids is 1. The van der Waals surface area contributed by atoms with Crippen molar-refractivity contribution in [3.05, 3.63) is 81.9 Å². The third-order valence-electron chi connectivity index (χ3n) is 8.07. The summed E-state index contributed by atoms with van der Waals surface area (Å²) in [5, 5.41) is 9.49. The van der Waals surface area contributed by atoms with E-state index in [1.165, 1.54) is 6.20 Å². The molecular weight excluding hydrogens is 507 g/mol. The van der Waals surface area contributed by atoms with Gasteiger partial charge >= 0.3 is 5.97 Å². The van der Waals surface area contributed by atoms with Gasteiger partial charge in [-0.15, -0.1) is 0 Å². The molecule has 3 atom stereocenters. The molecule has 3 aromatic rings. The van der Waals surface area contributed by atoms with Crippen LogP contribution in [0.4, 0.5) is 13.2 Å². The molecule has 1 spiro atoms. The Morgan fingerprint density at radius 1 is 1.15 bits per heavy atom. The van der Waals surface area contributed by atoms with Crippen LogP contribution in [0.3, 0.4) is 0 Å². The Morgan fingerprint density at radius 2 is 1.90 bits per heavy atom. The second kappa shape index (κ2) is 9.66. The van der Waals surface area contributed by atoms with Crippen molar-refractivity contribution in [1.82, 2.24) is 4.98 Å². The molecular formula is C31H32F3NO4. The molecule has 1 N–H and O–H groups in total. The SMILES string of the molecule is CO[C@@H](c1cc(COc2cc(F)c3c(c2F)[C@]2(CC3)C[C@H]2C(=O)O)ccc1-c1cc(C)ncc1F)C(C)(C)C. The number of hydrogen-bond donors (Lipinski definition) is 1. The minimum Gasteiger partial charge on any atom is -0.486 e. The van der Waals surface area contributed by atoms with Gasteiger partial charge < -0.3 is 14.6 Å². The molecule has 2 aliphatic carbocycles. The molecule has 1 fully saturated rings. The van der Waals surface area contributed by atoms with E-state index < -0.39 is 40.9 Å². The molecule has 0 unspecified atom stereocenters. The van der Waals surface area contributed by atoms with Gasteiger partial charge in [-0.1, -0.05) is 32.9 Å². The molecule has 2 aromatic carbocycles. The zero-order valence-corrected chi connectivity index (χ0v) is 22.7. The molecule has 5 rings (SSSR count). The van der Waals surface area contributed by atoms with Gasteiger partial charge in [0.25, 0.3) is 0 Å². The fourth-order valence-electron chi connectivity index (χ4n) is 6.19. The minimum atomic E-state index is -0.992.